The number of ether oxygens (including phenoxy) is 1. The summed E-state index contributed by atoms with van der Waals surface area (Å²) in [6, 6.07) is 12.8. The number of aromatic nitrogens is 2. The topological polar surface area (TPSA) is 55.2 Å². The van der Waals surface area contributed by atoms with Crippen molar-refractivity contribution in [3.63, 3.8) is 0 Å². The Labute approximate surface area is 182 Å². The van der Waals surface area contributed by atoms with Crippen LogP contribution in [0.5, 0.6) is 5.75 Å². The highest BCUT2D eigenvalue weighted by molar-refractivity contribution is 5.66. The maximum absolute atomic E-state index is 14.2. The molecule has 4 nitrogen and oxygen atoms in total. The van der Waals surface area contributed by atoms with E-state index in [1.807, 2.05) is 31.2 Å². The summed E-state index contributed by atoms with van der Waals surface area (Å²) in [6.07, 6.45) is 11.8. The van der Waals surface area contributed by atoms with Crippen molar-refractivity contribution in [2.24, 2.45) is 0 Å². The molecule has 0 amide bonds. The van der Waals surface area contributed by atoms with Gasteiger partial charge in [-0.25, -0.2) is 14.4 Å². The third kappa shape index (κ3) is 6.59. The van der Waals surface area contributed by atoms with Gasteiger partial charge in [0.1, 0.15) is 6.61 Å². The van der Waals surface area contributed by atoms with Crippen molar-refractivity contribution in [3.8, 4) is 28.3 Å². The fraction of sp³-hybridized carbons (Fsp3) is 0.231. The summed E-state index contributed by atoms with van der Waals surface area (Å²) in [5.74, 6) is 0.175. The Balaban J connectivity index is 1.64. The van der Waals surface area contributed by atoms with Crippen molar-refractivity contribution in [1.82, 2.24) is 9.97 Å². The second kappa shape index (κ2) is 11.2. The summed E-state index contributed by atoms with van der Waals surface area (Å²) < 4.78 is 19.4. The number of nitrogens with zero attached hydrogens (tertiary/aromatic N) is 2. The molecule has 0 aliphatic carbocycles. The zero-order valence-corrected chi connectivity index (χ0v) is 17.7. The second-order valence-electron chi connectivity index (χ2n) is 7.34. The molecule has 0 saturated heterocycles. The van der Waals surface area contributed by atoms with Gasteiger partial charge < -0.3 is 9.84 Å². The minimum atomic E-state index is -0.457. The van der Waals surface area contributed by atoms with Crippen LogP contribution in [0.2, 0.25) is 0 Å². The van der Waals surface area contributed by atoms with Gasteiger partial charge in [0.2, 0.25) is 0 Å². The summed E-state index contributed by atoms with van der Waals surface area (Å²) in [6.45, 7) is 5.62. The lowest BCUT2D eigenvalue weighted by molar-refractivity contribution is 0.182. The standard InChI is InChI=1S/C26H27FN2O2/c1-3-15-31-25-14-13-22(16-24(25)27)26-28-17-23(18-29-26)21-11-9-20(10-12-21)8-6-4-5-7-19(2)30/h3,6,8-14,16-19,30H,1,4-5,7,15H2,2H3. The average molecular weight is 419 g/mol. The molecular weight excluding hydrogens is 391 g/mol. The van der Waals surface area contributed by atoms with Crippen LogP contribution in [-0.4, -0.2) is 27.8 Å². The average Bonchev–Trinajstić information content (AvgIpc) is 2.78. The summed E-state index contributed by atoms with van der Waals surface area (Å²) in [5, 5.41) is 9.28. The maximum Gasteiger partial charge on any atom is 0.165 e. The molecule has 3 aromatic rings. The number of aliphatic hydroxyl groups is 1. The Morgan fingerprint density at radius 2 is 1.77 bits per heavy atom. The highest BCUT2D eigenvalue weighted by Gasteiger charge is 2.08. The van der Waals surface area contributed by atoms with E-state index in [-0.39, 0.29) is 18.5 Å². The maximum atomic E-state index is 14.2. The molecule has 0 saturated carbocycles. The number of allylic oxidation sites excluding steroid dienone is 1. The number of halogens is 1. The molecule has 2 aromatic carbocycles. The van der Waals surface area contributed by atoms with Crippen LogP contribution < -0.4 is 4.74 Å². The zero-order valence-electron chi connectivity index (χ0n) is 17.7. The number of hydrogen-bond donors (Lipinski definition) is 1. The molecular formula is C26H27FN2O2. The third-order valence-corrected chi connectivity index (χ3v) is 4.75. The van der Waals surface area contributed by atoms with Gasteiger partial charge in [-0.1, -0.05) is 49.1 Å². The smallest absolute Gasteiger partial charge is 0.165 e. The van der Waals surface area contributed by atoms with Gasteiger partial charge in [0.05, 0.1) is 6.10 Å². The zero-order chi connectivity index (χ0) is 22.1. The van der Waals surface area contributed by atoms with E-state index in [1.165, 1.54) is 6.07 Å². The van der Waals surface area contributed by atoms with E-state index < -0.39 is 5.82 Å². The van der Waals surface area contributed by atoms with Crippen molar-refractivity contribution in [3.05, 3.63) is 85.0 Å². The molecule has 0 fully saturated rings. The first kappa shape index (κ1) is 22.4. The van der Waals surface area contributed by atoms with Crippen LogP contribution in [0.4, 0.5) is 4.39 Å². The van der Waals surface area contributed by atoms with Gasteiger partial charge in [-0.2, -0.15) is 0 Å². The van der Waals surface area contributed by atoms with E-state index in [2.05, 4.69) is 28.7 Å². The summed E-state index contributed by atoms with van der Waals surface area (Å²) in [4.78, 5) is 8.79. The van der Waals surface area contributed by atoms with E-state index in [0.29, 0.717) is 11.4 Å². The fourth-order valence-corrected chi connectivity index (χ4v) is 3.07. The highest BCUT2D eigenvalue weighted by Crippen LogP contribution is 2.25. The monoisotopic (exact) mass is 418 g/mol. The predicted octanol–water partition coefficient (Wildman–Crippen LogP) is 6.08. The van der Waals surface area contributed by atoms with E-state index in [4.69, 9.17) is 4.74 Å². The molecule has 1 unspecified atom stereocenters. The summed E-state index contributed by atoms with van der Waals surface area (Å²) >= 11 is 0. The van der Waals surface area contributed by atoms with Gasteiger partial charge in [-0.3, -0.25) is 0 Å². The first-order chi connectivity index (χ1) is 15.1. The van der Waals surface area contributed by atoms with Crippen molar-refractivity contribution in [2.45, 2.75) is 32.3 Å². The molecule has 0 aliphatic rings. The van der Waals surface area contributed by atoms with Gasteiger partial charge in [0.25, 0.3) is 0 Å². The van der Waals surface area contributed by atoms with Gasteiger partial charge in [0, 0.05) is 23.5 Å². The van der Waals surface area contributed by atoms with Crippen LogP contribution in [0.15, 0.2) is 73.6 Å². The normalized spacial score (nSPS) is 12.1. The fourth-order valence-electron chi connectivity index (χ4n) is 3.07. The molecule has 1 heterocycles. The summed E-state index contributed by atoms with van der Waals surface area (Å²) in [5.41, 5.74) is 3.61. The quantitative estimate of drug-likeness (QED) is 0.320. The Hall–Kier alpha value is -3.31. The van der Waals surface area contributed by atoms with Crippen LogP contribution in [0.1, 0.15) is 31.7 Å². The minimum Gasteiger partial charge on any atom is -0.486 e. The van der Waals surface area contributed by atoms with Crippen LogP contribution in [0.3, 0.4) is 0 Å². The van der Waals surface area contributed by atoms with Crippen LogP contribution >= 0.6 is 0 Å². The van der Waals surface area contributed by atoms with Crippen LogP contribution in [-0.2, 0) is 0 Å². The van der Waals surface area contributed by atoms with Crippen molar-refractivity contribution >= 4 is 6.08 Å². The lowest BCUT2D eigenvalue weighted by Crippen LogP contribution is -1.97. The SMILES string of the molecule is C=CCOc1ccc(-c2ncc(-c3ccc(C=CCCCC(C)O)cc3)cn2)cc1F. The Bertz CT molecular complexity index is 1010. The van der Waals surface area contributed by atoms with Gasteiger partial charge >= 0.3 is 0 Å². The van der Waals surface area contributed by atoms with E-state index in [1.54, 1.807) is 30.6 Å². The summed E-state index contributed by atoms with van der Waals surface area (Å²) in [7, 11) is 0. The Kier molecular flexibility index (Phi) is 8.07. The van der Waals surface area contributed by atoms with Crippen molar-refractivity contribution < 1.29 is 14.2 Å². The van der Waals surface area contributed by atoms with Crippen molar-refractivity contribution in [2.75, 3.05) is 6.61 Å². The molecule has 1 aromatic heterocycles. The molecule has 0 radical (unpaired) electrons. The van der Waals surface area contributed by atoms with Crippen molar-refractivity contribution in [1.29, 1.82) is 0 Å². The highest BCUT2D eigenvalue weighted by atomic mass is 19.1. The number of aliphatic hydroxyl groups excluding tert-OH is 1. The molecule has 3 rings (SSSR count). The molecule has 0 aliphatic heterocycles. The molecule has 0 bridgehead atoms. The number of benzene rings is 2. The number of rotatable bonds is 10. The predicted molar refractivity (Wildman–Crippen MR) is 123 cm³/mol. The van der Waals surface area contributed by atoms with E-state index >= 15 is 0 Å². The van der Waals surface area contributed by atoms with E-state index in [0.717, 1.165) is 36.0 Å². The largest absolute Gasteiger partial charge is 0.486 e. The second-order valence-corrected chi connectivity index (χ2v) is 7.34. The molecule has 0 spiro atoms. The Morgan fingerprint density at radius 1 is 1.06 bits per heavy atom. The van der Waals surface area contributed by atoms with Gasteiger partial charge in [-0.15, -0.1) is 0 Å². The molecule has 31 heavy (non-hydrogen) atoms. The van der Waals surface area contributed by atoms with Gasteiger partial charge in [-0.05, 0) is 55.5 Å². The molecule has 5 heteroatoms. The first-order valence-corrected chi connectivity index (χ1v) is 10.4. The number of unbranched alkanes of at least 4 members (excludes halogenated alkanes) is 1. The first-order valence-electron chi connectivity index (χ1n) is 10.4. The Morgan fingerprint density at radius 3 is 2.42 bits per heavy atom. The molecule has 160 valence electrons. The molecule has 1 atom stereocenters. The lowest BCUT2D eigenvalue weighted by Gasteiger charge is -2.07. The molecule has 1 N–H and O–H groups in total. The van der Waals surface area contributed by atoms with E-state index in [9.17, 15) is 9.50 Å². The van der Waals surface area contributed by atoms with Crippen LogP contribution in [0, 0.1) is 5.82 Å². The van der Waals surface area contributed by atoms with Gasteiger partial charge in [0.15, 0.2) is 17.4 Å². The number of hydrogen-bond acceptors (Lipinski definition) is 4. The van der Waals surface area contributed by atoms with Crippen LogP contribution in [0.25, 0.3) is 28.6 Å². The lowest BCUT2D eigenvalue weighted by atomic mass is 10.1. The minimum absolute atomic E-state index is 0.178. The third-order valence-electron chi connectivity index (χ3n) is 4.75.